The lowest BCUT2D eigenvalue weighted by Gasteiger charge is -2.33. The fraction of sp³-hybridized carbons (Fsp3) is 0.333. The van der Waals surface area contributed by atoms with Crippen LogP contribution in [0.15, 0.2) is 41.6 Å². The number of thiophene rings is 1. The van der Waals surface area contributed by atoms with Crippen LogP contribution in [0.4, 0.5) is 0 Å². The summed E-state index contributed by atoms with van der Waals surface area (Å²) in [5.41, 5.74) is 0. The number of carbonyl (C=O) groups excluding carboxylic acids is 1. The van der Waals surface area contributed by atoms with E-state index in [1.165, 1.54) is 27.9 Å². The van der Waals surface area contributed by atoms with E-state index in [0.717, 1.165) is 4.88 Å². The molecule has 3 rings (SSSR count). The molecule has 0 bridgehead atoms. The number of pyridine rings is 1. The Labute approximate surface area is 139 Å². The van der Waals surface area contributed by atoms with Crippen LogP contribution in [0.1, 0.15) is 14.5 Å². The molecule has 1 aliphatic heterocycles. The lowest BCUT2D eigenvalue weighted by molar-refractivity contribution is 0.0703. The average molecular weight is 351 g/mol. The quantitative estimate of drug-likeness (QED) is 0.842. The first kappa shape index (κ1) is 16.1. The van der Waals surface area contributed by atoms with Crippen molar-refractivity contribution in [3.8, 4) is 0 Å². The van der Waals surface area contributed by atoms with Crippen LogP contribution in [0.25, 0.3) is 0 Å². The normalized spacial score (nSPS) is 16.5. The van der Waals surface area contributed by atoms with Gasteiger partial charge in [-0.15, -0.1) is 11.3 Å². The second-order valence-electron chi connectivity index (χ2n) is 5.30. The second kappa shape index (κ2) is 6.38. The smallest absolute Gasteiger partial charge is 0.264 e. The van der Waals surface area contributed by atoms with Crippen LogP contribution in [0, 0.1) is 6.92 Å². The molecule has 1 amide bonds. The molecule has 0 saturated carbocycles. The van der Waals surface area contributed by atoms with Gasteiger partial charge in [-0.05, 0) is 31.2 Å². The van der Waals surface area contributed by atoms with Crippen LogP contribution >= 0.6 is 11.3 Å². The molecule has 2 aromatic rings. The van der Waals surface area contributed by atoms with Crippen LogP contribution in [-0.2, 0) is 10.0 Å². The Kier molecular flexibility index (Phi) is 4.47. The van der Waals surface area contributed by atoms with Gasteiger partial charge in [0, 0.05) is 43.4 Å². The van der Waals surface area contributed by atoms with E-state index < -0.39 is 10.0 Å². The summed E-state index contributed by atoms with van der Waals surface area (Å²) in [6.45, 7) is 3.35. The van der Waals surface area contributed by atoms with Gasteiger partial charge in [-0.1, -0.05) is 0 Å². The Morgan fingerprint density at radius 1 is 1.17 bits per heavy atom. The highest BCUT2D eigenvalue weighted by molar-refractivity contribution is 7.89. The van der Waals surface area contributed by atoms with Crippen molar-refractivity contribution < 1.29 is 13.2 Å². The van der Waals surface area contributed by atoms with Crippen molar-refractivity contribution in [2.45, 2.75) is 11.8 Å². The molecule has 0 spiro atoms. The van der Waals surface area contributed by atoms with Crippen molar-refractivity contribution >= 4 is 27.3 Å². The van der Waals surface area contributed by atoms with Gasteiger partial charge in [0.25, 0.3) is 5.91 Å². The van der Waals surface area contributed by atoms with Gasteiger partial charge < -0.3 is 4.90 Å². The average Bonchev–Trinajstić information content (AvgIpc) is 3.01. The lowest BCUT2D eigenvalue weighted by atomic mass is 10.3. The monoisotopic (exact) mass is 351 g/mol. The van der Waals surface area contributed by atoms with E-state index in [9.17, 15) is 13.2 Å². The van der Waals surface area contributed by atoms with E-state index in [4.69, 9.17) is 0 Å². The molecule has 122 valence electrons. The summed E-state index contributed by atoms with van der Waals surface area (Å²) in [5, 5.41) is 0. The summed E-state index contributed by atoms with van der Waals surface area (Å²) in [5.74, 6) is -0.0264. The number of sulfonamides is 1. The van der Waals surface area contributed by atoms with Crippen molar-refractivity contribution in [1.82, 2.24) is 14.2 Å². The molecule has 6 nitrogen and oxygen atoms in total. The van der Waals surface area contributed by atoms with Crippen LogP contribution in [-0.4, -0.2) is 54.7 Å². The van der Waals surface area contributed by atoms with E-state index in [1.807, 2.05) is 19.1 Å². The number of aryl methyl sites for hydroxylation is 1. The second-order valence-corrected chi connectivity index (χ2v) is 8.52. The minimum atomic E-state index is -3.54. The molecule has 23 heavy (non-hydrogen) atoms. The number of hydrogen-bond donors (Lipinski definition) is 0. The molecule has 0 radical (unpaired) electrons. The Morgan fingerprint density at radius 3 is 2.48 bits per heavy atom. The van der Waals surface area contributed by atoms with Gasteiger partial charge in [-0.25, -0.2) is 8.42 Å². The van der Waals surface area contributed by atoms with Gasteiger partial charge in [0.15, 0.2) is 0 Å². The highest BCUT2D eigenvalue weighted by atomic mass is 32.2. The number of aromatic nitrogens is 1. The molecule has 0 unspecified atom stereocenters. The van der Waals surface area contributed by atoms with E-state index in [1.54, 1.807) is 17.2 Å². The maximum Gasteiger partial charge on any atom is 0.264 e. The standard InChI is InChI=1S/C15H17N3O3S2/c1-12-4-5-14(22-12)15(19)17-7-9-18(10-8-17)23(20,21)13-3-2-6-16-11-13/h2-6,11H,7-10H2,1H3. The van der Waals surface area contributed by atoms with Crippen molar-refractivity contribution in [1.29, 1.82) is 0 Å². The fourth-order valence-electron chi connectivity index (χ4n) is 2.49. The van der Waals surface area contributed by atoms with Crippen molar-refractivity contribution in [2.24, 2.45) is 0 Å². The molecule has 1 fully saturated rings. The van der Waals surface area contributed by atoms with Crippen LogP contribution < -0.4 is 0 Å². The molecule has 0 aliphatic carbocycles. The van der Waals surface area contributed by atoms with Gasteiger partial charge in [0.05, 0.1) is 4.88 Å². The van der Waals surface area contributed by atoms with E-state index in [2.05, 4.69) is 4.98 Å². The number of carbonyl (C=O) groups is 1. The molecular weight excluding hydrogens is 334 g/mol. The molecular formula is C15H17N3O3S2. The lowest BCUT2D eigenvalue weighted by Crippen LogP contribution is -2.50. The summed E-state index contributed by atoms with van der Waals surface area (Å²) in [6.07, 6.45) is 2.89. The van der Waals surface area contributed by atoms with Crippen LogP contribution in [0.2, 0.25) is 0 Å². The minimum Gasteiger partial charge on any atom is -0.335 e. The number of amides is 1. The molecule has 1 aliphatic rings. The van der Waals surface area contributed by atoms with E-state index >= 15 is 0 Å². The third kappa shape index (κ3) is 3.29. The first-order valence-electron chi connectivity index (χ1n) is 7.24. The topological polar surface area (TPSA) is 70.6 Å². The Balaban J connectivity index is 1.68. The highest BCUT2D eigenvalue weighted by Gasteiger charge is 2.30. The van der Waals surface area contributed by atoms with Crippen LogP contribution in [0.3, 0.4) is 0 Å². The van der Waals surface area contributed by atoms with Crippen molar-refractivity contribution in [3.63, 3.8) is 0 Å². The maximum absolute atomic E-state index is 12.5. The number of piperazine rings is 1. The van der Waals surface area contributed by atoms with E-state index in [-0.39, 0.29) is 10.8 Å². The summed E-state index contributed by atoms with van der Waals surface area (Å²) in [7, 11) is -3.54. The summed E-state index contributed by atoms with van der Waals surface area (Å²) in [4.78, 5) is 19.9. The fourth-order valence-corrected chi connectivity index (χ4v) is 4.71. The van der Waals surface area contributed by atoms with Crippen molar-refractivity contribution in [2.75, 3.05) is 26.2 Å². The minimum absolute atomic E-state index is 0.0264. The zero-order valence-electron chi connectivity index (χ0n) is 12.7. The Bertz CT molecular complexity index is 794. The van der Waals surface area contributed by atoms with Crippen molar-refractivity contribution in [3.05, 3.63) is 46.4 Å². The van der Waals surface area contributed by atoms with Gasteiger partial charge in [0.1, 0.15) is 4.90 Å². The van der Waals surface area contributed by atoms with Gasteiger partial charge in [-0.2, -0.15) is 4.31 Å². The zero-order chi connectivity index (χ0) is 16.4. The number of nitrogens with zero attached hydrogens (tertiary/aromatic N) is 3. The van der Waals surface area contributed by atoms with E-state index in [0.29, 0.717) is 31.1 Å². The Hall–Kier alpha value is -1.77. The molecule has 8 heteroatoms. The highest BCUT2D eigenvalue weighted by Crippen LogP contribution is 2.20. The number of rotatable bonds is 3. The summed E-state index contributed by atoms with van der Waals surface area (Å²) < 4.78 is 26.5. The third-order valence-electron chi connectivity index (χ3n) is 3.75. The predicted molar refractivity (Wildman–Crippen MR) is 88.0 cm³/mol. The molecule has 0 aromatic carbocycles. The largest absolute Gasteiger partial charge is 0.335 e. The maximum atomic E-state index is 12.5. The summed E-state index contributed by atoms with van der Waals surface area (Å²) >= 11 is 1.46. The SMILES string of the molecule is Cc1ccc(C(=O)N2CCN(S(=O)(=O)c3cccnc3)CC2)s1. The molecule has 1 saturated heterocycles. The number of hydrogen-bond acceptors (Lipinski definition) is 5. The predicted octanol–water partition coefficient (Wildman–Crippen LogP) is 1.60. The van der Waals surface area contributed by atoms with Gasteiger partial charge in [0.2, 0.25) is 10.0 Å². The first-order chi connectivity index (χ1) is 11.0. The molecule has 0 N–H and O–H groups in total. The zero-order valence-corrected chi connectivity index (χ0v) is 14.3. The Morgan fingerprint density at radius 2 is 1.91 bits per heavy atom. The van der Waals surface area contributed by atoms with Gasteiger partial charge in [-0.3, -0.25) is 9.78 Å². The van der Waals surface area contributed by atoms with Gasteiger partial charge >= 0.3 is 0 Å². The summed E-state index contributed by atoms with van der Waals surface area (Å²) in [6, 6.07) is 6.88. The van der Waals surface area contributed by atoms with Crippen LogP contribution in [0.5, 0.6) is 0 Å². The molecule has 0 atom stereocenters. The first-order valence-corrected chi connectivity index (χ1v) is 9.50. The third-order valence-corrected chi connectivity index (χ3v) is 6.62. The molecule has 3 heterocycles. The molecule has 2 aromatic heterocycles.